The number of hydrogen-bond donors (Lipinski definition) is 2. The largest absolute Gasteiger partial charge is 0.480 e. The van der Waals surface area contributed by atoms with Crippen molar-refractivity contribution in [2.75, 3.05) is 0 Å². The average Bonchev–Trinajstić information content (AvgIpc) is 2.63. The van der Waals surface area contributed by atoms with Crippen molar-refractivity contribution in [3.8, 4) is 0 Å². The summed E-state index contributed by atoms with van der Waals surface area (Å²) in [5, 5.41) is 15.2. The molecule has 0 saturated heterocycles. The summed E-state index contributed by atoms with van der Waals surface area (Å²) in [7, 11) is 0. The standard InChI is InChI=1S/C12H18N2O4/c1-4-5-6-9(12(16)17)13-11(15)10-7(2)14-18-8(10)3/h9H,4-6H2,1-3H3,(H,13,15)(H,16,17)/t9-/m0/s1. The van der Waals surface area contributed by atoms with Crippen LogP contribution in [0.15, 0.2) is 4.52 Å². The highest BCUT2D eigenvalue weighted by Gasteiger charge is 2.24. The molecule has 1 aromatic rings. The Morgan fingerprint density at radius 2 is 2.11 bits per heavy atom. The highest BCUT2D eigenvalue weighted by Crippen LogP contribution is 2.12. The molecule has 0 saturated carbocycles. The van der Waals surface area contributed by atoms with Gasteiger partial charge in [-0.3, -0.25) is 4.79 Å². The van der Waals surface area contributed by atoms with Crippen LogP contribution in [0.5, 0.6) is 0 Å². The number of hydrogen-bond acceptors (Lipinski definition) is 4. The summed E-state index contributed by atoms with van der Waals surface area (Å²) in [6, 6.07) is -0.869. The zero-order chi connectivity index (χ0) is 13.7. The summed E-state index contributed by atoms with van der Waals surface area (Å²) in [5.74, 6) is -1.08. The topological polar surface area (TPSA) is 92.4 Å². The molecule has 2 N–H and O–H groups in total. The van der Waals surface area contributed by atoms with Crippen molar-refractivity contribution in [2.24, 2.45) is 0 Å². The van der Waals surface area contributed by atoms with Gasteiger partial charge in [0.25, 0.3) is 5.91 Å². The van der Waals surface area contributed by atoms with E-state index in [1.807, 2.05) is 6.92 Å². The van der Waals surface area contributed by atoms with Gasteiger partial charge in [-0.1, -0.05) is 24.9 Å². The summed E-state index contributed by atoms with van der Waals surface area (Å²) in [6.45, 7) is 5.24. The lowest BCUT2D eigenvalue weighted by atomic mass is 10.1. The van der Waals surface area contributed by atoms with Gasteiger partial charge in [0.05, 0.1) is 5.69 Å². The molecule has 0 unspecified atom stereocenters. The van der Waals surface area contributed by atoms with Crippen LogP contribution in [0.4, 0.5) is 0 Å². The molecule has 0 aliphatic rings. The smallest absolute Gasteiger partial charge is 0.326 e. The molecule has 6 heteroatoms. The predicted molar refractivity (Wildman–Crippen MR) is 64.4 cm³/mol. The first-order valence-electron chi connectivity index (χ1n) is 5.93. The molecule has 0 bridgehead atoms. The average molecular weight is 254 g/mol. The lowest BCUT2D eigenvalue weighted by molar-refractivity contribution is -0.139. The van der Waals surface area contributed by atoms with Crippen molar-refractivity contribution in [2.45, 2.75) is 46.1 Å². The van der Waals surface area contributed by atoms with Gasteiger partial charge in [-0.15, -0.1) is 0 Å². The molecule has 1 atom stereocenters. The van der Waals surface area contributed by atoms with Gasteiger partial charge in [0.2, 0.25) is 0 Å². The third-order valence-corrected chi connectivity index (χ3v) is 2.71. The van der Waals surface area contributed by atoms with E-state index in [1.54, 1.807) is 13.8 Å². The number of nitrogens with one attached hydrogen (secondary N) is 1. The second-order valence-corrected chi connectivity index (χ2v) is 4.21. The Morgan fingerprint density at radius 3 is 2.56 bits per heavy atom. The third kappa shape index (κ3) is 3.32. The van der Waals surface area contributed by atoms with Crippen LogP contribution in [0.25, 0.3) is 0 Å². The first kappa shape index (κ1) is 14.2. The normalized spacial score (nSPS) is 12.2. The van der Waals surface area contributed by atoms with Crippen LogP contribution in [-0.4, -0.2) is 28.2 Å². The van der Waals surface area contributed by atoms with Crippen LogP contribution < -0.4 is 5.32 Å². The zero-order valence-corrected chi connectivity index (χ0v) is 10.8. The number of aliphatic carboxylic acids is 1. The van der Waals surface area contributed by atoms with Crippen LogP contribution >= 0.6 is 0 Å². The van der Waals surface area contributed by atoms with Crippen LogP contribution in [0.3, 0.4) is 0 Å². The molecule has 0 spiro atoms. The number of amides is 1. The van der Waals surface area contributed by atoms with Crippen molar-refractivity contribution < 1.29 is 19.2 Å². The third-order valence-electron chi connectivity index (χ3n) is 2.71. The molecule has 1 amide bonds. The summed E-state index contributed by atoms with van der Waals surface area (Å²) < 4.78 is 4.88. The van der Waals surface area contributed by atoms with E-state index in [2.05, 4.69) is 10.5 Å². The van der Waals surface area contributed by atoms with Gasteiger partial charge in [0, 0.05) is 0 Å². The Labute approximate surface area is 105 Å². The minimum Gasteiger partial charge on any atom is -0.480 e. The first-order valence-corrected chi connectivity index (χ1v) is 5.93. The molecule has 1 heterocycles. The fourth-order valence-corrected chi connectivity index (χ4v) is 1.70. The highest BCUT2D eigenvalue weighted by atomic mass is 16.5. The molecular weight excluding hydrogens is 236 g/mol. The minimum absolute atomic E-state index is 0.317. The van der Waals surface area contributed by atoms with E-state index in [-0.39, 0.29) is 0 Å². The number of rotatable bonds is 6. The quantitative estimate of drug-likeness (QED) is 0.805. The molecule has 1 rings (SSSR count). The van der Waals surface area contributed by atoms with Crippen molar-refractivity contribution in [3.05, 3.63) is 17.0 Å². The van der Waals surface area contributed by atoms with Crippen molar-refractivity contribution in [1.82, 2.24) is 10.5 Å². The molecular formula is C12H18N2O4. The Balaban J connectivity index is 2.75. The number of aromatic nitrogens is 1. The zero-order valence-electron chi connectivity index (χ0n) is 10.8. The number of unbranched alkanes of at least 4 members (excludes halogenated alkanes) is 1. The van der Waals surface area contributed by atoms with Crippen LogP contribution in [-0.2, 0) is 4.79 Å². The fraction of sp³-hybridized carbons (Fsp3) is 0.583. The van der Waals surface area contributed by atoms with E-state index >= 15 is 0 Å². The van der Waals surface area contributed by atoms with Crippen molar-refractivity contribution in [1.29, 1.82) is 0 Å². The molecule has 18 heavy (non-hydrogen) atoms. The van der Waals surface area contributed by atoms with Gasteiger partial charge < -0.3 is 14.9 Å². The molecule has 0 aromatic carbocycles. The van der Waals surface area contributed by atoms with E-state index in [0.717, 1.165) is 12.8 Å². The summed E-state index contributed by atoms with van der Waals surface area (Å²) in [4.78, 5) is 23.0. The molecule has 6 nitrogen and oxygen atoms in total. The van der Waals surface area contributed by atoms with E-state index in [9.17, 15) is 9.59 Å². The van der Waals surface area contributed by atoms with Crippen molar-refractivity contribution >= 4 is 11.9 Å². The first-order chi connectivity index (χ1) is 8.47. The maximum absolute atomic E-state index is 12.0. The summed E-state index contributed by atoms with van der Waals surface area (Å²) in [5.41, 5.74) is 0.780. The Bertz CT molecular complexity index is 420. The van der Waals surface area contributed by atoms with E-state index in [0.29, 0.717) is 23.4 Å². The summed E-state index contributed by atoms with van der Waals surface area (Å²) >= 11 is 0. The Hall–Kier alpha value is -1.85. The SMILES string of the molecule is CCCC[C@H](NC(=O)c1c(C)noc1C)C(=O)O. The number of carboxylic acid groups (broad SMARTS) is 1. The molecule has 0 aliphatic carbocycles. The second kappa shape index (κ2) is 6.18. The van der Waals surface area contributed by atoms with Crippen LogP contribution in [0.1, 0.15) is 48.0 Å². The Kier molecular flexibility index (Phi) is 4.88. The van der Waals surface area contributed by atoms with Gasteiger partial charge in [0.1, 0.15) is 17.4 Å². The van der Waals surface area contributed by atoms with Crippen molar-refractivity contribution in [3.63, 3.8) is 0 Å². The number of nitrogens with zero attached hydrogens (tertiary/aromatic N) is 1. The van der Waals surface area contributed by atoms with Crippen LogP contribution in [0, 0.1) is 13.8 Å². The van der Waals surface area contributed by atoms with Gasteiger partial charge >= 0.3 is 5.97 Å². The van der Waals surface area contributed by atoms with Gasteiger partial charge in [-0.2, -0.15) is 0 Å². The molecule has 100 valence electrons. The van der Waals surface area contributed by atoms with Gasteiger partial charge in [-0.05, 0) is 20.3 Å². The maximum atomic E-state index is 12.0. The van der Waals surface area contributed by atoms with Gasteiger partial charge in [-0.25, -0.2) is 4.79 Å². The predicted octanol–water partition coefficient (Wildman–Crippen LogP) is 1.66. The van der Waals surface area contributed by atoms with Crippen LogP contribution in [0.2, 0.25) is 0 Å². The maximum Gasteiger partial charge on any atom is 0.326 e. The lowest BCUT2D eigenvalue weighted by Crippen LogP contribution is -2.41. The van der Waals surface area contributed by atoms with E-state index in [1.165, 1.54) is 0 Å². The van der Waals surface area contributed by atoms with E-state index < -0.39 is 17.9 Å². The summed E-state index contributed by atoms with van der Waals surface area (Å²) in [6.07, 6.45) is 2.05. The number of carboxylic acids is 1. The molecule has 0 aliphatic heterocycles. The van der Waals surface area contributed by atoms with Gasteiger partial charge in [0.15, 0.2) is 0 Å². The monoisotopic (exact) mass is 254 g/mol. The van der Waals surface area contributed by atoms with E-state index in [4.69, 9.17) is 9.63 Å². The molecule has 0 radical (unpaired) electrons. The minimum atomic E-state index is -1.02. The fourth-order valence-electron chi connectivity index (χ4n) is 1.70. The number of aryl methyl sites for hydroxylation is 2. The lowest BCUT2D eigenvalue weighted by Gasteiger charge is -2.13. The molecule has 0 fully saturated rings. The Morgan fingerprint density at radius 1 is 1.44 bits per heavy atom. The number of carbonyl (C=O) groups excluding carboxylic acids is 1. The second-order valence-electron chi connectivity index (χ2n) is 4.21. The highest BCUT2D eigenvalue weighted by molar-refractivity contribution is 5.98. The number of carbonyl (C=O) groups is 2. The molecule has 1 aromatic heterocycles.